The Morgan fingerprint density at radius 3 is 2.65 bits per heavy atom. The maximum Gasteiger partial charge on any atom is 0.291 e. The summed E-state index contributed by atoms with van der Waals surface area (Å²) in [6.45, 7) is 4.73. The number of hydrogen-bond acceptors (Lipinski definition) is 3. The lowest BCUT2D eigenvalue weighted by molar-refractivity contribution is -0.948. The number of nitrogens with one attached hydrogen (secondary N) is 2. The molecule has 31 heavy (non-hydrogen) atoms. The van der Waals surface area contributed by atoms with Crippen LogP contribution in [0.15, 0.2) is 36.4 Å². The predicted octanol–water partition coefficient (Wildman–Crippen LogP) is 1.97. The minimum Gasteiger partial charge on any atom is -0.320 e. The Bertz CT molecular complexity index is 1190. The van der Waals surface area contributed by atoms with Crippen molar-refractivity contribution in [3.63, 3.8) is 0 Å². The number of fused-ring (bicyclic) bond motifs is 7. The van der Waals surface area contributed by atoms with E-state index in [-0.39, 0.29) is 23.8 Å². The molecule has 2 aromatic rings. The Labute approximate surface area is 185 Å². The standard InChI is InChI=1S/C24H22ClN3O3/c1-12-5-7-15(10-13(12)2)28-21(29)19-18-4-3-9-27(18)24(20(19)22(28)30)16-11-14(25)6-8-17(16)26-23(24)31/h5-8,10-11,18-20H,3-4,9H2,1-2H3,(H,26,31)/p+1/t18-,19+,20+,24-/m1/s1. The molecule has 1 spiro atoms. The minimum atomic E-state index is -1.10. The number of imide groups is 1. The summed E-state index contributed by atoms with van der Waals surface area (Å²) in [6, 6.07) is 10.9. The first-order valence-corrected chi connectivity index (χ1v) is 11.2. The summed E-state index contributed by atoms with van der Waals surface area (Å²) in [5.41, 5.74) is 3.05. The van der Waals surface area contributed by atoms with Crippen molar-refractivity contribution in [2.75, 3.05) is 16.8 Å². The fourth-order valence-corrected chi connectivity index (χ4v) is 6.72. The fourth-order valence-electron chi connectivity index (χ4n) is 6.55. The van der Waals surface area contributed by atoms with Crippen molar-refractivity contribution < 1.29 is 19.3 Å². The summed E-state index contributed by atoms with van der Waals surface area (Å²) in [5, 5.41) is 3.51. The highest BCUT2D eigenvalue weighted by Crippen LogP contribution is 2.52. The van der Waals surface area contributed by atoms with Crippen molar-refractivity contribution in [1.82, 2.24) is 0 Å². The Morgan fingerprint density at radius 2 is 1.87 bits per heavy atom. The van der Waals surface area contributed by atoms with Gasteiger partial charge in [0.05, 0.1) is 17.9 Å². The highest BCUT2D eigenvalue weighted by Gasteiger charge is 2.78. The van der Waals surface area contributed by atoms with Crippen LogP contribution in [0.2, 0.25) is 5.02 Å². The summed E-state index contributed by atoms with van der Waals surface area (Å²) in [4.78, 5) is 43.6. The second-order valence-electron chi connectivity index (χ2n) is 9.26. The lowest BCUT2D eigenvalue weighted by Crippen LogP contribution is -3.19. The Balaban J connectivity index is 1.56. The number of carbonyl (C=O) groups excluding carboxylic acids is 3. The predicted molar refractivity (Wildman–Crippen MR) is 116 cm³/mol. The van der Waals surface area contributed by atoms with Crippen LogP contribution < -0.4 is 15.1 Å². The molecule has 6 nitrogen and oxygen atoms in total. The molecule has 0 saturated carbocycles. The van der Waals surface area contributed by atoms with E-state index in [1.54, 1.807) is 18.2 Å². The monoisotopic (exact) mass is 436 g/mol. The van der Waals surface area contributed by atoms with E-state index in [4.69, 9.17) is 11.6 Å². The number of benzene rings is 2. The van der Waals surface area contributed by atoms with Gasteiger partial charge in [-0.05, 0) is 55.3 Å². The zero-order chi connectivity index (χ0) is 21.7. The van der Waals surface area contributed by atoms with Gasteiger partial charge in [0.2, 0.25) is 17.4 Å². The van der Waals surface area contributed by atoms with Gasteiger partial charge in [-0.2, -0.15) is 0 Å². The highest BCUT2D eigenvalue weighted by molar-refractivity contribution is 6.31. The number of quaternary nitrogens is 1. The fraction of sp³-hybridized carbons (Fsp3) is 0.375. The van der Waals surface area contributed by atoms with E-state index < -0.39 is 17.4 Å². The maximum atomic E-state index is 13.9. The van der Waals surface area contributed by atoms with Crippen molar-refractivity contribution in [2.24, 2.45) is 11.8 Å². The molecule has 3 fully saturated rings. The van der Waals surface area contributed by atoms with Gasteiger partial charge in [-0.25, -0.2) is 4.90 Å². The molecule has 0 bridgehead atoms. The van der Waals surface area contributed by atoms with Crippen LogP contribution in [0.25, 0.3) is 0 Å². The van der Waals surface area contributed by atoms with Gasteiger partial charge in [0.1, 0.15) is 17.9 Å². The molecule has 6 rings (SSSR count). The van der Waals surface area contributed by atoms with E-state index in [1.165, 1.54) is 4.90 Å². The zero-order valence-corrected chi connectivity index (χ0v) is 18.1. The molecule has 4 aliphatic heterocycles. The molecule has 4 aliphatic rings. The molecule has 0 aliphatic carbocycles. The minimum absolute atomic E-state index is 0.0475. The van der Waals surface area contributed by atoms with Gasteiger partial charge >= 0.3 is 0 Å². The SMILES string of the molecule is Cc1ccc(N2C(=O)[C@H]3[C@H]4CCC[NH+]4[C@@]4(C(=O)Nc5ccc(Cl)cc54)[C@@H]3C2=O)cc1C. The molecular weight excluding hydrogens is 414 g/mol. The van der Waals surface area contributed by atoms with Gasteiger partial charge in [0.15, 0.2) is 0 Å². The number of nitrogens with zero attached hydrogens (tertiary/aromatic N) is 1. The van der Waals surface area contributed by atoms with Crippen LogP contribution in [-0.4, -0.2) is 30.3 Å². The number of halogens is 1. The second-order valence-corrected chi connectivity index (χ2v) is 9.70. The molecule has 5 atom stereocenters. The number of anilines is 2. The normalized spacial score (nSPS) is 33.1. The van der Waals surface area contributed by atoms with Crippen LogP contribution >= 0.6 is 11.6 Å². The molecule has 4 heterocycles. The van der Waals surface area contributed by atoms with Crippen molar-refractivity contribution >= 4 is 40.7 Å². The lowest BCUT2D eigenvalue weighted by Gasteiger charge is -2.33. The first-order valence-electron chi connectivity index (χ1n) is 10.8. The molecule has 2 N–H and O–H groups in total. The summed E-state index contributed by atoms with van der Waals surface area (Å²) in [7, 11) is 0. The van der Waals surface area contributed by atoms with Crippen LogP contribution in [0.5, 0.6) is 0 Å². The highest BCUT2D eigenvalue weighted by atomic mass is 35.5. The summed E-state index contributed by atoms with van der Waals surface area (Å²) < 4.78 is 0. The maximum absolute atomic E-state index is 13.9. The topological polar surface area (TPSA) is 70.9 Å². The van der Waals surface area contributed by atoms with Crippen LogP contribution in [0.3, 0.4) is 0 Å². The molecule has 7 heteroatoms. The van der Waals surface area contributed by atoms with Crippen LogP contribution in [0.1, 0.15) is 29.5 Å². The van der Waals surface area contributed by atoms with Crippen molar-refractivity contribution in [2.45, 2.75) is 38.3 Å². The molecule has 1 unspecified atom stereocenters. The Morgan fingerprint density at radius 1 is 1.06 bits per heavy atom. The molecule has 3 amide bonds. The van der Waals surface area contributed by atoms with Gasteiger partial charge in [-0.3, -0.25) is 14.4 Å². The second kappa shape index (κ2) is 6.17. The van der Waals surface area contributed by atoms with Crippen molar-refractivity contribution in [3.05, 3.63) is 58.1 Å². The zero-order valence-electron chi connectivity index (χ0n) is 17.4. The quantitative estimate of drug-likeness (QED) is 0.671. The first kappa shape index (κ1) is 19.0. The van der Waals surface area contributed by atoms with E-state index in [1.807, 2.05) is 32.0 Å². The van der Waals surface area contributed by atoms with Gasteiger partial charge in [-0.15, -0.1) is 0 Å². The third-order valence-corrected chi connectivity index (χ3v) is 8.16. The molecule has 0 radical (unpaired) electrons. The Hall–Kier alpha value is -2.70. The summed E-state index contributed by atoms with van der Waals surface area (Å²) in [5.74, 6) is -1.86. The smallest absolute Gasteiger partial charge is 0.291 e. The van der Waals surface area contributed by atoms with Crippen LogP contribution in [-0.2, 0) is 19.9 Å². The summed E-state index contributed by atoms with van der Waals surface area (Å²) >= 11 is 6.33. The van der Waals surface area contributed by atoms with Gasteiger partial charge < -0.3 is 10.2 Å². The van der Waals surface area contributed by atoms with Gasteiger partial charge in [0.25, 0.3) is 5.91 Å². The van der Waals surface area contributed by atoms with E-state index in [2.05, 4.69) is 5.32 Å². The number of aryl methyl sites for hydroxylation is 2. The van der Waals surface area contributed by atoms with Gasteiger partial charge in [-0.1, -0.05) is 17.7 Å². The third-order valence-electron chi connectivity index (χ3n) is 7.93. The summed E-state index contributed by atoms with van der Waals surface area (Å²) in [6.07, 6.45) is 1.76. The van der Waals surface area contributed by atoms with Crippen LogP contribution in [0.4, 0.5) is 11.4 Å². The Kier molecular flexibility index (Phi) is 3.79. The number of amides is 3. The van der Waals surface area contributed by atoms with E-state index >= 15 is 0 Å². The van der Waals surface area contributed by atoms with Crippen molar-refractivity contribution in [1.29, 1.82) is 0 Å². The molecule has 158 valence electrons. The average molecular weight is 437 g/mol. The van der Waals surface area contributed by atoms with Crippen LogP contribution in [0, 0.1) is 25.7 Å². The molecule has 3 saturated heterocycles. The molecule has 0 aromatic heterocycles. The third kappa shape index (κ3) is 2.19. The first-order chi connectivity index (χ1) is 14.9. The van der Waals surface area contributed by atoms with Gasteiger partial charge in [0, 0.05) is 23.4 Å². The molecule has 2 aromatic carbocycles. The lowest BCUT2D eigenvalue weighted by atomic mass is 9.75. The molecular formula is C24H23ClN3O3+. The van der Waals surface area contributed by atoms with E-state index in [0.717, 1.165) is 41.0 Å². The number of rotatable bonds is 1. The largest absolute Gasteiger partial charge is 0.320 e. The van der Waals surface area contributed by atoms with E-state index in [0.29, 0.717) is 16.4 Å². The number of carbonyl (C=O) groups is 3. The average Bonchev–Trinajstić information content (AvgIpc) is 3.43. The van der Waals surface area contributed by atoms with E-state index in [9.17, 15) is 14.4 Å². The van der Waals surface area contributed by atoms with Crippen molar-refractivity contribution in [3.8, 4) is 0 Å². The number of hydrogen-bond donors (Lipinski definition) is 2.